The summed E-state index contributed by atoms with van der Waals surface area (Å²) in [5.41, 5.74) is 3.45. The second-order valence-corrected chi connectivity index (χ2v) is 6.64. The van der Waals surface area contributed by atoms with E-state index in [-0.39, 0.29) is 17.5 Å². The van der Waals surface area contributed by atoms with Crippen molar-refractivity contribution in [1.29, 1.82) is 0 Å². The van der Waals surface area contributed by atoms with Crippen LogP contribution in [0.25, 0.3) is 0 Å². The van der Waals surface area contributed by atoms with Crippen molar-refractivity contribution in [3.63, 3.8) is 0 Å². The molecule has 1 atom stereocenters. The Kier molecular flexibility index (Phi) is 5.68. The number of amides is 1. The Balaban J connectivity index is 1.59. The molecule has 2 aromatic carbocycles. The average Bonchev–Trinajstić information content (AvgIpc) is 2.68. The predicted octanol–water partition coefficient (Wildman–Crippen LogP) is 2.95. The van der Waals surface area contributed by atoms with Crippen LogP contribution in [0.15, 0.2) is 48.5 Å². The van der Waals surface area contributed by atoms with E-state index in [4.69, 9.17) is 5.11 Å². The summed E-state index contributed by atoms with van der Waals surface area (Å²) < 4.78 is 0. The minimum absolute atomic E-state index is 0.169. The molecule has 5 heteroatoms. The standard InChI is InChI=1S/C21H24N2O3/c1-2-19(23-12-11-15-5-3-4-6-18(15)14-23)13-22-20(24)16-7-9-17(10-8-16)21(25)26/h3-10,19H,2,11-14H2,1H3,(H,22,24)(H,25,26). The van der Waals surface area contributed by atoms with E-state index in [0.717, 1.165) is 25.9 Å². The van der Waals surface area contributed by atoms with Gasteiger partial charge in [0, 0.05) is 31.2 Å². The Bertz CT molecular complexity index is 786. The van der Waals surface area contributed by atoms with Crippen LogP contribution in [0.1, 0.15) is 45.2 Å². The number of fused-ring (bicyclic) bond motifs is 1. The molecule has 5 nitrogen and oxygen atoms in total. The van der Waals surface area contributed by atoms with Gasteiger partial charge >= 0.3 is 5.97 Å². The molecule has 1 unspecified atom stereocenters. The van der Waals surface area contributed by atoms with Crippen LogP contribution < -0.4 is 5.32 Å². The lowest BCUT2D eigenvalue weighted by Gasteiger charge is -2.35. The number of carboxylic acids is 1. The largest absolute Gasteiger partial charge is 0.478 e. The molecule has 26 heavy (non-hydrogen) atoms. The van der Waals surface area contributed by atoms with E-state index in [0.29, 0.717) is 12.1 Å². The first-order valence-corrected chi connectivity index (χ1v) is 9.01. The number of hydrogen-bond donors (Lipinski definition) is 2. The first-order valence-electron chi connectivity index (χ1n) is 9.01. The van der Waals surface area contributed by atoms with Crippen LogP contribution >= 0.6 is 0 Å². The van der Waals surface area contributed by atoms with Gasteiger partial charge in [-0.05, 0) is 48.2 Å². The number of aromatic carboxylic acids is 1. The number of carbonyl (C=O) groups is 2. The van der Waals surface area contributed by atoms with Gasteiger partial charge in [0.2, 0.25) is 0 Å². The first kappa shape index (κ1) is 18.1. The minimum atomic E-state index is -0.992. The van der Waals surface area contributed by atoms with Crippen LogP contribution in [0, 0.1) is 0 Å². The molecule has 1 amide bonds. The maximum absolute atomic E-state index is 12.4. The Morgan fingerprint density at radius 1 is 1.08 bits per heavy atom. The summed E-state index contributed by atoms with van der Waals surface area (Å²) in [6.07, 6.45) is 2.00. The number of carbonyl (C=O) groups excluding carboxylic acids is 1. The van der Waals surface area contributed by atoms with Crippen molar-refractivity contribution in [2.24, 2.45) is 0 Å². The molecule has 0 saturated carbocycles. The van der Waals surface area contributed by atoms with E-state index in [1.807, 2.05) is 0 Å². The predicted molar refractivity (Wildman–Crippen MR) is 100 cm³/mol. The molecule has 0 aromatic heterocycles. The van der Waals surface area contributed by atoms with Gasteiger partial charge in [-0.15, -0.1) is 0 Å². The Hall–Kier alpha value is -2.66. The van der Waals surface area contributed by atoms with Crippen molar-refractivity contribution in [3.05, 3.63) is 70.8 Å². The molecule has 1 aliphatic heterocycles. The number of nitrogens with zero attached hydrogens (tertiary/aromatic N) is 1. The minimum Gasteiger partial charge on any atom is -0.478 e. The molecule has 1 aliphatic rings. The van der Waals surface area contributed by atoms with Gasteiger partial charge in [-0.3, -0.25) is 9.69 Å². The van der Waals surface area contributed by atoms with Crippen molar-refractivity contribution < 1.29 is 14.7 Å². The van der Waals surface area contributed by atoms with Crippen LogP contribution in [-0.4, -0.2) is 41.0 Å². The summed E-state index contributed by atoms with van der Waals surface area (Å²) in [4.78, 5) is 25.7. The van der Waals surface area contributed by atoms with Gasteiger partial charge in [0.05, 0.1) is 5.56 Å². The molecule has 0 aliphatic carbocycles. The highest BCUT2D eigenvalue weighted by Crippen LogP contribution is 2.21. The fourth-order valence-electron chi connectivity index (χ4n) is 3.44. The second-order valence-electron chi connectivity index (χ2n) is 6.64. The van der Waals surface area contributed by atoms with E-state index in [9.17, 15) is 9.59 Å². The molecule has 2 aromatic rings. The number of rotatable bonds is 6. The number of nitrogens with one attached hydrogen (secondary N) is 1. The third-order valence-corrected chi connectivity index (χ3v) is 5.04. The first-order chi connectivity index (χ1) is 12.6. The van der Waals surface area contributed by atoms with Gasteiger partial charge < -0.3 is 10.4 Å². The average molecular weight is 352 g/mol. The fourth-order valence-corrected chi connectivity index (χ4v) is 3.44. The zero-order valence-corrected chi connectivity index (χ0v) is 14.9. The lowest BCUT2D eigenvalue weighted by molar-refractivity contribution is 0.0696. The van der Waals surface area contributed by atoms with E-state index in [1.165, 1.54) is 23.3 Å². The highest BCUT2D eigenvalue weighted by atomic mass is 16.4. The Morgan fingerprint density at radius 2 is 1.73 bits per heavy atom. The van der Waals surface area contributed by atoms with Crippen LogP contribution in [0.4, 0.5) is 0 Å². The Labute approximate surface area is 153 Å². The van der Waals surface area contributed by atoms with Gasteiger partial charge in [0.15, 0.2) is 0 Å². The van der Waals surface area contributed by atoms with Gasteiger partial charge in [-0.2, -0.15) is 0 Å². The molecule has 0 radical (unpaired) electrons. The molecular weight excluding hydrogens is 328 g/mol. The van der Waals surface area contributed by atoms with Crippen molar-refractivity contribution in [2.75, 3.05) is 13.1 Å². The van der Waals surface area contributed by atoms with Crippen LogP contribution in [0.3, 0.4) is 0 Å². The maximum Gasteiger partial charge on any atom is 0.335 e. The van der Waals surface area contributed by atoms with E-state index < -0.39 is 5.97 Å². The highest BCUT2D eigenvalue weighted by Gasteiger charge is 2.22. The summed E-state index contributed by atoms with van der Waals surface area (Å²) in [7, 11) is 0. The topological polar surface area (TPSA) is 69.6 Å². The number of carboxylic acid groups (broad SMARTS) is 1. The molecule has 136 valence electrons. The summed E-state index contributed by atoms with van der Waals surface area (Å²) in [6.45, 7) is 4.63. The smallest absolute Gasteiger partial charge is 0.335 e. The Morgan fingerprint density at radius 3 is 2.38 bits per heavy atom. The SMILES string of the molecule is CCC(CNC(=O)c1ccc(C(=O)O)cc1)N1CCc2ccccc2C1. The number of hydrogen-bond acceptors (Lipinski definition) is 3. The monoisotopic (exact) mass is 352 g/mol. The molecule has 0 bridgehead atoms. The van der Waals surface area contributed by atoms with Crippen LogP contribution in [-0.2, 0) is 13.0 Å². The van der Waals surface area contributed by atoms with Gasteiger partial charge in [0.25, 0.3) is 5.91 Å². The van der Waals surface area contributed by atoms with Crippen LogP contribution in [0.2, 0.25) is 0 Å². The summed E-state index contributed by atoms with van der Waals surface area (Å²) in [6, 6.07) is 14.8. The van der Waals surface area contributed by atoms with Crippen molar-refractivity contribution in [1.82, 2.24) is 10.2 Å². The summed E-state index contributed by atoms with van der Waals surface area (Å²) >= 11 is 0. The van der Waals surface area contributed by atoms with Crippen molar-refractivity contribution in [3.8, 4) is 0 Å². The molecule has 0 fully saturated rings. The lowest BCUT2D eigenvalue weighted by Crippen LogP contribution is -2.45. The van der Waals surface area contributed by atoms with Gasteiger partial charge in [0.1, 0.15) is 0 Å². The van der Waals surface area contributed by atoms with E-state index in [1.54, 1.807) is 12.1 Å². The molecule has 2 N–H and O–H groups in total. The van der Waals surface area contributed by atoms with Crippen molar-refractivity contribution in [2.45, 2.75) is 32.4 Å². The molecule has 0 spiro atoms. The number of benzene rings is 2. The summed E-state index contributed by atoms with van der Waals surface area (Å²) in [5.74, 6) is -1.16. The normalized spacial score (nSPS) is 15.1. The van der Waals surface area contributed by atoms with Gasteiger partial charge in [-0.25, -0.2) is 4.79 Å². The molecule has 1 heterocycles. The van der Waals surface area contributed by atoms with Crippen LogP contribution in [0.5, 0.6) is 0 Å². The van der Waals surface area contributed by atoms with E-state index >= 15 is 0 Å². The molecule has 0 saturated heterocycles. The third-order valence-electron chi connectivity index (χ3n) is 5.04. The molecule has 3 rings (SSSR count). The van der Waals surface area contributed by atoms with Gasteiger partial charge in [-0.1, -0.05) is 31.2 Å². The summed E-state index contributed by atoms with van der Waals surface area (Å²) in [5, 5.41) is 11.9. The zero-order valence-electron chi connectivity index (χ0n) is 14.9. The second kappa shape index (κ2) is 8.15. The lowest BCUT2D eigenvalue weighted by atomic mass is 9.98. The fraction of sp³-hybridized carbons (Fsp3) is 0.333. The molecular formula is C21H24N2O3. The van der Waals surface area contributed by atoms with E-state index in [2.05, 4.69) is 41.4 Å². The third kappa shape index (κ3) is 4.11. The maximum atomic E-state index is 12.4. The zero-order chi connectivity index (χ0) is 18.5. The highest BCUT2D eigenvalue weighted by molar-refractivity contribution is 5.95. The quantitative estimate of drug-likeness (QED) is 0.839. The van der Waals surface area contributed by atoms with Crippen molar-refractivity contribution >= 4 is 11.9 Å².